The van der Waals surface area contributed by atoms with Crippen molar-refractivity contribution in [1.29, 1.82) is 0 Å². The minimum absolute atomic E-state index is 0.00254. The van der Waals surface area contributed by atoms with Gasteiger partial charge in [0.1, 0.15) is 6.61 Å². The van der Waals surface area contributed by atoms with Crippen molar-refractivity contribution in [2.24, 2.45) is 11.8 Å². The SMILES string of the molecule is CN(C(=O)[C@H]1CC[C@@H](NC(=O)OCC2c3ccccc3-c3ccccc32)C1)C1CC(C(=O)O)C1. The Morgan fingerprint density at radius 3 is 2.18 bits per heavy atom. The Balaban J connectivity index is 1.12. The van der Waals surface area contributed by atoms with Crippen molar-refractivity contribution in [2.45, 2.75) is 50.1 Å². The fourth-order valence-electron chi connectivity index (χ4n) is 5.72. The summed E-state index contributed by atoms with van der Waals surface area (Å²) in [5, 5.41) is 12.0. The molecular formula is C27H30N2O5. The Labute approximate surface area is 199 Å². The number of carboxylic acid groups (broad SMARTS) is 1. The maximum Gasteiger partial charge on any atom is 0.407 e. The van der Waals surface area contributed by atoms with E-state index in [0.717, 1.165) is 6.42 Å². The highest BCUT2D eigenvalue weighted by atomic mass is 16.5. The van der Waals surface area contributed by atoms with Crippen molar-refractivity contribution in [1.82, 2.24) is 10.2 Å². The lowest BCUT2D eigenvalue weighted by atomic mass is 9.79. The molecule has 7 heteroatoms. The number of amides is 2. The first-order chi connectivity index (χ1) is 16.4. The highest BCUT2D eigenvalue weighted by molar-refractivity contribution is 5.81. The largest absolute Gasteiger partial charge is 0.481 e. The van der Waals surface area contributed by atoms with Gasteiger partial charge in [0.15, 0.2) is 0 Å². The first-order valence-electron chi connectivity index (χ1n) is 12.0. The van der Waals surface area contributed by atoms with E-state index in [1.165, 1.54) is 22.3 Å². The predicted molar refractivity (Wildman–Crippen MR) is 126 cm³/mol. The second-order valence-electron chi connectivity index (χ2n) is 9.79. The third-order valence-corrected chi connectivity index (χ3v) is 7.81. The predicted octanol–water partition coefficient (Wildman–Crippen LogP) is 4.02. The number of nitrogens with zero attached hydrogens (tertiary/aromatic N) is 1. The monoisotopic (exact) mass is 462 g/mol. The number of carbonyl (C=O) groups excluding carboxylic acids is 2. The fraction of sp³-hybridized carbons (Fsp3) is 0.444. The molecule has 0 heterocycles. The zero-order chi connectivity index (χ0) is 23.8. The zero-order valence-electron chi connectivity index (χ0n) is 19.3. The number of nitrogens with one attached hydrogen (secondary N) is 1. The smallest absolute Gasteiger partial charge is 0.407 e. The number of fused-ring (bicyclic) bond motifs is 3. The lowest BCUT2D eigenvalue weighted by molar-refractivity contribution is -0.151. The number of aliphatic carboxylic acids is 1. The first-order valence-corrected chi connectivity index (χ1v) is 12.0. The highest BCUT2D eigenvalue weighted by Gasteiger charge is 2.41. The molecule has 3 aliphatic carbocycles. The molecule has 7 nitrogen and oxygen atoms in total. The Kier molecular flexibility index (Phi) is 6.02. The van der Waals surface area contributed by atoms with Crippen molar-refractivity contribution < 1.29 is 24.2 Å². The van der Waals surface area contributed by atoms with Crippen molar-refractivity contribution in [3.8, 4) is 11.1 Å². The molecule has 0 aliphatic heterocycles. The van der Waals surface area contributed by atoms with Crippen LogP contribution in [-0.2, 0) is 14.3 Å². The normalized spacial score (nSPS) is 25.1. The summed E-state index contributed by atoms with van der Waals surface area (Å²) in [6.07, 6.45) is 2.63. The first kappa shape index (κ1) is 22.4. The van der Waals surface area contributed by atoms with E-state index in [4.69, 9.17) is 9.84 Å². The summed E-state index contributed by atoms with van der Waals surface area (Å²) in [4.78, 5) is 38.2. The molecule has 2 aromatic carbocycles. The number of rotatable bonds is 6. The molecule has 0 radical (unpaired) electrons. The van der Waals surface area contributed by atoms with E-state index in [1.54, 1.807) is 11.9 Å². The molecule has 0 aromatic heterocycles. The van der Waals surface area contributed by atoms with Crippen molar-refractivity contribution >= 4 is 18.0 Å². The molecule has 2 fully saturated rings. The zero-order valence-corrected chi connectivity index (χ0v) is 19.3. The van der Waals surface area contributed by atoms with Crippen molar-refractivity contribution in [3.63, 3.8) is 0 Å². The highest BCUT2D eigenvalue weighted by Crippen LogP contribution is 2.44. The summed E-state index contributed by atoms with van der Waals surface area (Å²) in [6, 6.07) is 16.4. The van der Waals surface area contributed by atoms with Gasteiger partial charge < -0.3 is 20.1 Å². The summed E-state index contributed by atoms with van der Waals surface area (Å²) < 4.78 is 5.64. The fourth-order valence-corrected chi connectivity index (χ4v) is 5.72. The van der Waals surface area contributed by atoms with Crippen LogP contribution in [0.2, 0.25) is 0 Å². The third-order valence-electron chi connectivity index (χ3n) is 7.81. The molecule has 2 amide bonds. The summed E-state index contributed by atoms with van der Waals surface area (Å²) in [5.41, 5.74) is 4.73. The van der Waals surface area contributed by atoms with E-state index >= 15 is 0 Å². The molecule has 2 atom stereocenters. The van der Waals surface area contributed by atoms with Crippen LogP contribution in [0.5, 0.6) is 0 Å². The molecule has 0 bridgehead atoms. The van der Waals surface area contributed by atoms with Crippen LogP contribution in [0, 0.1) is 11.8 Å². The van der Waals surface area contributed by atoms with Gasteiger partial charge >= 0.3 is 12.1 Å². The van der Waals surface area contributed by atoms with E-state index < -0.39 is 12.1 Å². The number of hydrogen-bond acceptors (Lipinski definition) is 4. The lowest BCUT2D eigenvalue weighted by Gasteiger charge is -2.40. The van der Waals surface area contributed by atoms with E-state index in [9.17, 15) is 14.4 Å². The number of carboxylic acids is 1. The van der Waals surface area contributed by atoms with Crippen LogP contribution in [0.1, 0.15) is 49.1 Å². The minimum atomic E-state index is -0.787. The average molecular weight is 463 g/mol. The van der Waals surface area contributed by atoms with Gasteiger partial charge in [-0.1, -0.05) is 48.5 Å². The van der Waals surface area contributed by atoms with Crippen molar-refractivity contribution in [3.05, 3.63) is 59.7 Å². The van der Waals surface area contributed by atoms with Gasteiger partial charge in [-0.15, -0.1) is 0 Å². The van der Waals surface area contributed by atoms with Crippen LogP contribution >= 0.6 is 0 Å². The van der Waals surface area contributed by atoms with Gasteiger partial charge in [0.2, 0.25) is 5.91 Å². The second-order valence-corrected chi connectivity index (χ2v) is 9.79. The lowest BCUT2D eigenvalue weighted by Crippen LogP contribution is -2.49. The van der Waals surface area contributed by atoms with Gasteiger partial charge in [0.25, 0.3) is 0 Å². The van der Waals surface area contributed by atoms with Crippen LogP contribution in [0.25, 0.3) is 11.1 Å². The molecule has 5 rings (SSSR count). The number of benzene rings is 2. The van der Waals surface area contributed by atoms with Crippen LogP contribution in [0.4, 0.5) is 4.79 Å². The minimum Gasteiger partial charge on any atom is -0.481 e. The van der Waals surface area contributed by atoms with Gasteiger partial charge in [-0.05, 0) is 54.4 Å². The van der Waals surface area contributed by atoms with Gasteiger partial charge in [-0.3, -0.25) is 9.59 Å². The molecular weight excluding hydrogens is 432 g/mol. The van der Waals surface area contributed by atoms with Crippen molar-refractivity contribution in [2.75, 3.05) is 13.7 Å². The van der Waals surface area contributed by atoms with E-state index in [2.05, 4.69) is 29.6 Å². The maximum absolute atomic E-state index is 12.9. The molecule has 0 unspecified atom stereocenters. The quantitative estimate of drug-likeness (QED) is 0.676. The van der Waals surface area contributed by atoms with Crippen LogP contribution in [0.15, 0.2) is 48.5 Å². The van der Waals surface area contributed by atoms with E-state index in [1.807, 2.05) is 24.3 Å². The Bertz CT molecular complexity index is 1060. The molecule has 0 spiro atoms. The van der Waals surface area contributed by atoms with E-state index in [-0.39, 0.29) is 42.4 Å². The topological polar surface area (TPSA) is 95.9 Å². The summed E-state index contributed by atoms with van der Waals surface area (Å²) in [6.45, 7) is 0.268. The summed E-state index contributed by atoms with van der Waals surface area (Å²) in [5.74, 6) is -1.21. The Morgan fingerprint density at radius 1 is 0.941 bits per heavy atom. The molecule has 2 N–H and O–H groups in total. The number of carbonyl (C=O) groups is 3. The third kappa shape index (κ3) is 4.15. The van der Waals surface area contributed by atoms with E-state index in [0.29, 0.717) is 25.7 Å². The Hall–Kier alpha value is -3.35. The number of ether oxygens (including phenoxy) is 1. The van der Waals surface area contributed by atoms with Gasteiger partial charge in [0.05, 0.1) is 5.92 Å². The van der Waals surface area contributed by atoms with Gasteiger partial charge in [-0.25, -0.2) is 4.79 Å². The summed E-state index contributed by atoms with van der Waals surface area (Å²) in [7, 11) is 1.76. The molecule has 0 saturated heterocycles. The molecule has 34 heavy (non-hydrogen) atoms. The van der Waals surface area contributed by atoms with Crippen LogP contribution < -0.4 is 5.32 Å². The number of alkyl carbamates (subject to hydrolysis) is 1. The van der Waals surface area contributed by atoms with Crippen LogP contribution in [-0.4, -0.2) is 53.7 Å². The average Bonchev–Trinajstić information content (AvgIpc) is 3.38. The van der Waals surface area contributed by atoms with Gasteiger partial charge in [-0.2, -0.15) is 0 Å². The molecule has 178 valence electrons. The summed E-state index contributed by atoms with van der Waals surface area (Å²) >= 11 is 0. The standard InChI is InChI=1S/C27H30N2O5/c1-29(19-13-17(14-19)26(31)32)25(30)16-10-11-18(12-16)28-27(33)34-15-24-22-8-4-2-6-20(22)21-7-3-5-9-23(21)24/h2-9,16-19,24H,10-15H2,1H3,(H,28,33)(H,31,32)/t16-,17?,18+,19?/m0/s1. The molecule has 2 saturated carbocycles. The molecule has 2 aromatic rings. The second kappa shape index (κ2) is 9.12. The van der Waals surface area contributed by atoms with Gasteiger partial charge in [0, 0.05) is 31.0 Å². The maximum atomic E-state index is 12.9. The van der Waals surface area contributed by atoms with Crippen LogP contribution in [0.3, 0.4) is 0 Å². The number of hydrogen-bond donors (Lipinski definition) is 2. The molecule has 3 aliphatic rings. The Morgan fingerprint density at radius 2 is 1.56 bits per heavy atom.